The van der Waals surface area contributed by atoms with Crippen molar-refractivity contribution in [3.05, 3.63) is 57.3 Å². The van der Waals surface area contributed by atoms with Gasteiger partial charge in [0.25, 0.3) is 0 Å². The van der Waals surface area contributed by atoms with Crippen molar-refractivity contribution in [1.82, 2.24) is 10.6 Å². The number of hydrogen-bond donors (Lipinski definition) is 2. The van der Waals surface area contributed by atoms with Gasteiger partial charge in [-0.25, -0.2) is 0 Å². The molecule has 22 heavy (non-hydrogen) atoms. The number of guanidine groups is 1. The van der Waals surface area contributed by atoms with Crippen LogP contribution in [0.1, 0.15) is 21.6 Å². The van der Waals surface area contributed by atoms with Gasteiger partial charge in [0.05, 0.1) is 6.54 Å². The van der Waals surface area contributed by atoms with Gasteiger partial charge in [-0.1, -0.05) is 29.8 Å². The predicted octanol–water partition coefficient (Wildman–Crippen LogP) is 3.89. The van der Waals surface area contributed by atoms with Gasteiger partial charge >= 0.3 is 0 Å². The van der Waals surface area contributed by atoms with E-state index < -0.39 is 0 Å². The van der Waals surface area contributed by atoms with E-state index in [0.29, 0.717) is 0 Å². The highest BCUT2D eigenvalue weighted by Gasteiger charge is 2.02. The molecule has 1 aromatic heterocycles. The summed E-state index contributed by atoms with van der Waals surface area (Å²) in [7, 11) is 1.81. The van der Waals surface area contributed by atoms with E-state index in [1.54, 1.807) is 11.3 Å². The molecule has 0 bridgehead atoms. The Balaban J connectivity index is 0.00000242. The van der Waals surface area contributed by atoms with Crippen LogP contribution in [0.5, 0.6) is 0 Å². The maximum Gasteiger partial charge on any atom is 0.191 e. The topological polar surface area (TPSA) is 36.4 Å². The number of nitrogens with zero attached hydrogens (tertiary/aromatic N) is 1. The lowest BCUT2D eigenvalue weighted by molar-refractivity contribution is 0.798. The number of rotatable bonds is 5. The van der Waals surface area contributed by atoms with Gasteiger partial charge in [-0.2, -0.15) is 0 Å². The van der Waals surface area contributed by atoms with Crippen molar-refractivity contribution in [3.63, 3.8) is 0 Å². The van der Waals surface area contributed by atoms with Crippen LogP contribution in [0.4, 0.5) is 0 Å². The first kappa shape index (κ1) is 19.0. The molecular formula is C17H24IN3S. The van der Waals surface area contributed by atoms with E-state index in [-0.39, 0.29) is 24.0 Å². The molecule has 0 spiro atoms. The molecule has 0 amide bonds. The van der Waals surface area contributed by atoms with Crippen LogP contribution in [-0.2, 0) is 13.0 Å². The first-order valence-electron chi connectivity index (χ1n) is 7.22. The van der Waals surface area contributed by atoms with Gasteiger partial charge in [0.1, 0.15) is 0 Å². The van der Waals surface area contributed by atoms with Crippen molar-refractivity contribution in [1.29, 1.82) is 0 Å². The second-order valence-corrected chi connectivity index (χ2v) is 6.12. The van der Waals surface area contributed by atoms with Crippen LogP contribution in [0.2, 0.25) is 0 Å². The molecule has 0 unspecified atom stereocenters. The summed E-state index contributed by atoms with van der Waals surface area (Å²) >= 11 is 1.78. The standard InChI is InChI=1S/C17H23N3S.HI/c1-13-4-6-15(7-5-13)8-10-19-17(18-3)20-12-16-14(2)9-11-21-16;/h4-7,9,11H,8,10,12H2,1-3H3,(H2,18,19,20);1H. The van der Waals surface area contributed by atoms with Gasteiger partial charge in [-0.3, -0.25) is 4.99 Å². The average molecular weight is 429 g/mol. The summed E-state index contributed by atoms with van der Waals surface area (Å²) in [5.41, 5.74) is 3.98. The molecule has 0 fully saturated rings. The lowest BCUT2D eigenvalue weighted by Gasteiger charge is -2.11. The summed E-state index contributed by atoms with van der Waals surface area (Å²) in [6, 6.07) is 10.8. The fourth-order valence-electron chi connectivity index (χ4n) is 2.05. The fourth-order valence-corrected chi connectivity index (χ4v) is 2.90. The van der Waals surface area contributed by atoms with Crippen LogP contribution in [0.25, 0.3) is 0 Å². The number of aryl methyl sites for hydroxylation is 2. The molecule has 120 valence electrons. The summed E-state index contributed by atoms with van der Waals surface area (Å²) < 4.78 is 0. The maximum atomic E-state index is 4.26. The summed E-state index contributed by atoms with van der Waals surface area (Å²) in [6.07, 6.45) is 0.999. The number of thiophene rings is 1. The second-order valence-electron chi connectivity index (χ2n) is 5.11. The molecule has 2 rings (SSSR count). The minimum Gasteiger partial charge on any atom is -0.356 e. The number of hydrogen-bond acceptors (Lipinski definition) is 2. The van der Waals surface area contributed by atoms with E-state index in [0.717, 1.165) is 25.5 Å². The van der Waals surface area contributed by atoms with Crippen molar-refractivity contribution in [2.24, 2.45) is 4.99 Å². The van der Waals surface area contributed by atoms with Gasteiger partial charge in [-0.05, 0) is 42.8 Å². The molecule has 5 heteroatoms. The van der Waals surface area contributed by atoms with E-state index >= 15 is 0 Å². The maximum absolute atomic E-state index is 4.26. The molecular weight excluding hydrogens is 405 g/mol. The van der Waals surface area contributed by atoms with Gasteiger partial charge in [0.15, 0.2) is 5.96 Å². The minimum atomic E-state index is 0. The SMILES string of the molecule is CN=C(NCCc1ccc(C)cc1)NCc1sccc1C.I. The number of benzene rings is 1. The van der Waals surface area contributed by atoms with Crippen molar-refractivity contribution in [3.8, 4) is 0 Å². The van der Waals surface area contributed by atoms with Crippen molar-refractivity contribution >= 4 is 41.3 Å². The van der Waals surface area contributed by atoms with Gasteiger partial charge in [-0.15, -0.1) is 35.3 Å². The lowest BCUT2D eigenvalue weighted by Crippen LogP contribution is -2.37. The highest BCUT2D eigenvalue weighted by molar-refractivity contribution is 14.0. The van der Waals surface area contributed by atoms with E-state index in [1.165, 1.54) is 21.6 Å². The molecule has 0 saturated carbocycles. The molecule has 0 radical (unpaired) electrons. The van der Waals surface area contributed by atoms with Crippen LogP contribution in [0.15, 0.2) is 40.7 Å². The highest BCUT2D eigenvalue weighted by Crippen LogP contribution is 2.14. The predicted molar refractivity (Wildman–Crippen MR) is 108 cm³/mol. The number of nitrogens with one attached hydrogen (secondary N) is 2. The largest absolute Gasteiger partial charge is 0.356 e. The molecule has 0 saturated heterocycles. The van der Waals surface area contributed by atoms with Crippen molar-refractivity contribution < 1.29 is 0 Å². The van der Waals surface area contributed by atoms with Crippen LogP contribution in [-0.4, -0.2) is 19.6 Å². The first-order chi connectivity index (χ1) is 10.2. The monoisotopic (exact) mass is 429 g/mol. The molecule has 1 aromatic carbocycles. The number of halogens is 1. The third-order valence-electron chi connectivity index (χ3n) is 3.43. The molecule has 1 heterocycles. The second kappa shape index (κ2) is 9.84. The van der Waals surface area contributed by atoms with E-state index in [9.17, 15) is 0 Å². The van der Waals surface area contributed by atoms with Gasteiger partial charge < -0.3 is 10.6 Å². The Bertz CT molecular complexity index is 590. The lowest BCUT2D eigenvalue weighted by atomic mass is 10.1. The van der Waals surface area contributed by atoms with Crippen LogP contribution >= 0.6 is 35.3 Å². The summed E-state index contributed by atoms with van der Waals surface area (Å²) in [5, 5.41) is 8.84. The van der Waals surface area contributed by atoms with E-state index in [4.69, 9.17) is 0 Å². The molecule has 0 aliphatic carbocycles. The molecule has 0 aliphatic heterocycles. The van der Waals surface area contributed by atoms with Gasteiger partial charge in [0.2, 0.25) is 0 Å². The molecule has 3 nitrogen and oxygen atoms in total. The number of aliphatic imine (C=N–C) groups is 1. The Morgan fingerprint density at radius 2 is 1.82 bits per heavy atom. The quantitative estimate of drug-likeness (QED) is 0.430. The van der Waals surface area contributed by atoms with Crippen LogP contribution in [0.3, 0.4) is 0 Å². The zero-order valence-corrected chi connectivity index (χ0v) is 16.5. The Hall–Kier alpha value is -1.08. The molecule has 2 N–H and O–H groups in total. The Kier molecular flexibility index (Phi) is 8.48. The fraction of sp³-hybridized carbons (Fsp3) is 0.353. The third kappa shape index (κ3) is 5.96. The summed E-state index contributed by atoms with van der Waals surface area (Å²) in [6.45, 7) is 5.96. The minimum absolute atomic E-state index is 0. The van der Waals surface area contributed by atoms with Crippen molar-refractivity contribution in [2.45, 2.75) is 26.8 Å². The van der Waals surface area contributed by atoms with Crippen molar-refractivity contribution in [2.75, 3.05) is 13.6 Å². The van der Waals surface area contributed by atoms with Crippen LogP contribution in [0, 0.1) is 13.8 Å². The Morgan fingerprint density at radius 1 is 1.09 bits per heavy atom. The Morgan fingerprint density at radius 3 is 2.41 bits per heavy atom. The average Bonchev–Trinajstić information content (AvgIpc) is 2.90. The zero-order chi connectivity index (χ0) is 15.1. The first-order valence-corrected chi connectivity index (χ1v) is 8.10. The van der Waals surface area contributed by atoms with Crippen LogP contribution < -0.4 is 10.6 Å². The molecule has 0 aliphatic rings. The zero-order valence-electron chi connectivity index (χ0n) is 13.3. The Labute approximate surface area is 154 Å². The summed E-state index contributed by atoms with van der Waals surface area (Å²) in [4.78, 5) is 5.62. The summed E-state index contributed by atoms with van der Waals surface area (Å²) in [5.74, 6) is 0.856. The normalized spacial score (nSPS) is 11.0. The molecule has 0 atom stereocenters. The smallest absolute Gasteiger partial charge is 0.191 e. The highest BCUT2D eigenvalue weighted by atomic mass is 127. The molecule has 2 aromatic rings. The van der Waals surface area contributed by atoms with Gasteiger partial charge in [0, 0.05) is 18.5 Å². The van der Waals surface area contributed by atoms with E-state index in [2.05, 4.69) is 65.2 Å². The third-order valence-corrected chi connectivity index (χ3v) is 4.46. The van der Waals surface area contributed by atoms with E-state index in [1.807, 2.05) is 7.05 Å².